The van der Waals surface area contributed by atoms with Crippen LogP contribution in [0, 0.1) is 0 Å². The maximum Gasteiger partial charge on any atom is 0.225 e. The van der Waals surface area contributed by atoms with E-state index in [9.17, 15) is 0 Å². The summed E-state index contributed by atoms with van der Waals surface area (Å²) in [5, 5.41) is 3.15. The lowest BCUT2D eigenvalue weighted by Crippen LogP contribution is -2.03. The number of nitrogen functional groups attached to an aromatic ring is 1. The van der Waals surface area contributed by atoms with Crippen LogP contribution < -0.4 is 11.1 Å². The lowest BCUT2D eigenvalue weighted by Gasteiger charge is -2.04. The number of benzene rings is 1. The molecule has 6 heteroatoms. The van der Waals surface area contributed by atoms with Gasteiger partial charge in [0.2, 0.25) is 5.95 Å². The van der Waals surface area contributed by atoms with Gasteiger partial charge in [-0.1, -0.05) is 12.1 Å². The molecule has 18 heavy (non-hydrogen) atoms. The van der Waals surface area contributed by atoms with Gasteiger partial charge in [-0.3, -0.25) is 0 Å². The number of anilines is 2. The van der Waals surface area contributed by atoms with E-state index in [4.69, 9.17) is 5.73 Å². The predicted octanol–water partition coefficient (Wildman–Crippen LogP) is 1.55. The highest BCUT2D eigenvalue weighted by Crippen LogP contribution is 2.10. The Balaban J connectivity index is 1.74. The molecule has 0 amide bonds. The fourth-order valence-corrected chi connectivity index (χ4v) is 1.64. The highest BCUT2D eigenvalue weighted by molar-refractivity contribution is 5.69. The fraction of sp³-hybridized carbons (Fsp3) is 0.0833. The Morgan fingerprint density at radius 3 is 2.83 bits per heavy atom. The predicted molar refractivity (Wildman–Crippen MR) is 69.9 cm³/mol. The first kappa shape index (κ1) is 10.5. The second kappa shape index (κ2) is 4.33. The van der Waals surface area contributed by atoms with E-state index in [2.05, 4.69) is 25.3 Å². The molecule has 4 N–H and O–H groups in total. The maximum absolute atomic E-state index is 5.63. The zero-order valence-electron chi connectivity index (χ0n) is 9.59. The second-order valence-corrected chi connectivity index (χ2v) is 3.93. The Labute approximate surface area is 103 Å². The zero-order chi connectivity index (χ0) is 12.4. The Hall–Kier alpha value is -2.63. The number of hydrogen-bond donors (Lipinski definition) is 3. The van der Waals surface area contributed by atoms with Crippen molar-refractivity contribution >= 4 is 22.8 Å². The molecule has 0 aliphatic rings. The van der Waals surface area contributed by atoms with Gasteiger partial charge in [0, 0.05) is 12.2 Å². The van der Waals surface area contributed by atoms with Gasteiger partial charge in [0.15, 0.2) is 5.65 Å². The van der Waals surface area contributed by atoms with Crippen LogP contribution in [-0.2, 0) is 6.54 Å². The van der Waals surface area contributed by atoms with Crippen LogP contribution in [0.15, 0.2) is 36.8 Å². The van der Waals surface area contributed by atoms with Gasteiger partial charge in [0.25, 0.3) is 0 Å². The summed E-state index contributed by atoms with van der Waals surface area (Å²) < 4.78 is 0. The first-order valence-corrected chi connectivity index (χ1v) is 5.56. The summed E-state index contributed by atoms with van der Waals surface area (Å²) in [6, 6.07) is 7.67. The average molecular weight is 240 g/mol. The summed E-state index contributed by atoms with van der Waals surface area (Å²) in [4.78, 5) is 15.5. The maximum atomic E-state index is 5.63. The van der Waals surface area contributed by atoms with E-state index in [1.807, 2.05) is 24.3 Å². The minimum atomic E-state index is 0.562. The number of aromatic nitrogens is 4. The van der Waals surface area contributed by atoms with Crippen LogP contribution >= 0.6 is 0 Å². The largest absolute Gasteiger partial charge is 0.399 e. The number of hydrogen-bond acceptors (Lipinski definition) is 5. The van der Waals surface area contributed by atoms with Crippen molar-refractivity contribution in [3.63, 3.8) is 0 Å². The molecule has 3 aromatic rings. The molecule has 0 spiro atoms. The molecule has 0 saturated heterocycles. The molecule has 0 atom stereocenters. The van der Waals surface area contributed by atoms with Crippen molar-refractivity contribution in [3.8, 4) is 0 Å². The molecule has 0 fully saturated rings. The van der Waals surface area contributed by atoms with Gasteiger partial charge in [0.1, 0.15) is 5.52 Å². The molecule has 1 aromatic carbocycles. The van der Waals surface area contributed by atoms with Crippen LogP contribution in [0.25, 0.3) is 11.2 Å². The quantitative estimate of drug-likeness (QED) is 0.604. The molecule has 0 bridgehead atoms. The summed E-state index contributed by atoms with van der Waals surface area (Å²) in [6.07, 6.45) is 3.31. The number of nitrogens with zero attached hydrogens (tertiary/aromatic N) is 3. The third-order valence-corrected chi connectivity index (χ3v) is 2.61. The number of aromatic amines is 1. The van der Waals surface area contributed by atoms with Gasteiger partial charge >= 0.3 is 0 Å². The van der Waals surface area contributed by atoms with Crippen LogP contribution in [-0.4, -0.2) is 19.9 Å². The Bertz CT molecular complexity index is 658. The molecular weight excluding hydrogens is 228 g/mol. The van der Waals surface area contributed by atoms with Crippen molar-refractivity contribution in [3.05, 3.63) is 42.4 Å². The van der Waals surface area contributed by atoms with Crippen molar-refractivity contribution < 1.29 is 0 Å². The third-order valence-electron chi connectivity index (χ3n) is 2.61. The van der Waals surface area contributed by atoms with E-state index >= 15 is 0 Å². The monoisotopic (exact) mass is 240 g/mol. The smallest absolute Gasteiger partial charge is 0.225 e. The highest BCUT2D eigenvalue weighted by atomic mass is 15.1. The van der Waals surface area contributed by atoms with E-state index in [1.165, 1.54) is 0 Å². The van der Waals surface area contributed by atoms with Crippen molar-refractivity contribution in [2.75, 3.05) is 11.1 Å². The molecule has 0 unspecified atom stereocenters. The van der Waals surface area contributed by atoms with Gasteiger partial charge in [-0.25, -0.2) is 9.97 Å². The number of rotatable bonds is 3. The SMILES string of the molecule is Nc1ccc(CNc2ncc3[nH]cnc3n2)cc1. The average Bonchev–Trinajstić information content (AvgIpc) is 2.85. The van der Waals surface area contributed by atoms with E-state index < -0.39 is 0 Å². The van der Waals surface area contributed by atoms with E-state index in [1.54, 1.807) is 12.5 Å². The van der Waals surface area contributed by atoms with Crippen LogP contribution in [0.1, 0.15) is 5.56 Å². The fourth-order valence-electron chi connectivity index (χ4n) is 1.64. The second-order valence-electron chi connectivity index (χ2n) is 3.93. The third kappa shape index (κ3) is 2.08. The Morgan fingerprint density at radius 1 is 1.17 bits per heavy atom. The Morgan fingerprint density at radius 2 is 2.00 bits per heavy atom. The van der Waals surface area contributed by atoms with Crippen molar-refractivity contribution in [2.24, 2.45) is 0 Å². The topological polar surface area (TPSA) is 92.5 Å². The number of imidazole rings is 1. The lowest BCUT2D eigenvalue weighted by molar-refractivity contribution is 1.07. The van der Waals surface area contributed by atoms with Crippen molar-refractivity contribution in [1.29, 1.82) is 0 Å². The van der Waals surface area contributed by atoms with Crippen LogP contribution in [0.5, 0.6) is 0 Å². The molecule has 90 valence electrons. The minimum absolute atomic E-state index is 0.562. The molecule has 0 aliphatic heterocycles. The summed E-state index contributed by atoms with van der Waals surface area (Å²) in [5.41, 5.74) is 8.99. The van der Waals surface area contributed by atoms with Crippen LogP contribution in [0.3, 0.4) is 0 Å². The van der Waals surface area contributed by atoms with Crippen LogP contribution in [0.2, 0.25) is 0 Å². The molecule has 0 radical (unpaired) electrons. The molecule has 2 aromatic heterocycles. The number of fused-ring (bicyclic) bond motifs is 1. The highest BCUT2D eigenvalue weighted by Gasteiger charge is 2.01. The number of nitrogens with one attached hydrogen (secondary N) is 2. The van der Waals surface area contributed by atoms with Gasteiger partial charge < -0.3 is 16.0 Å². The zero-order valence-corrected chi connectivity index (χ0v) is 9.59. The van der Waals surface area contributed by atoms with E-state index in [-0.39, 0.29) is 0 Å². The van der Waals surface area contributed by atoms with Crippen molar-refractivity contribution in [2.45, 2.75) is 6.54 Å². The van der Waals surface area contributed by atoms with Crippen molar-refractivity contribution in [1.82, 2.24) is 19.9 Å². The van der Waals surface area contributed by atoms with E-state index in [0.29, 0.717) is 18.1 Å². The summed E-state index contributed by atoms with van der Waals surface area (Å²) in [7, 11) is 0. The molecule has 2 heterocycles. The molecule has 0 aliphatic carbocycles. The van der Waals surface area contributed by atoms with Gasteiger partial charge in [-0.2, -0.15) is 4.98 Å². The minimum Gasteiger partial charge on any atom is -0.399 e. The first-order valence-electron chi connectivity index (χ1n) is 5.56. The molecular formula is C12H12N6. The van der Waals surface area contributed by atoms with Gasteiger partial charge in [0.05, 0.1) is 12.5 Å². The number of H-pyrrole nitrogens is 1. The standard InChI is InChI=1S/C12H12N6/c13-9-3-1-8(2-4-9)5-14-12-15-6-10-11(18-12)17-7-16-10/h1-4,6-7H,5,13H2,(H2,14,15,16,17,18). The summed E-state index contributed by atoms with van der Waals surface area (Å²) in [5.74, 6) is 0.562. The van der Waals surface area contributed by atoms with Gasteiger partial charge in [-0.05, 0) is 17.7 Å². The Kier molecular flexibility index (Phi) is 2.53. The van der Waals surface area contributed by atoms with Gasteiger partial charge in [-0.15, -0.1) is 0 Å². The normalized spacial score (nSPS) is 10.7. The molecule has 0 saturated carbocycles. The summed E-state index contributed by atoms with van der Waals surface area (Å²) in [6.45, 7) is 0.649. The molecule has 3 rings (SSSR count). The van der Waals surface area contributed by atoms with E-state index in [0.717, 1.165) is 16.8 Å². The molecule has 6 nitrogen and oxygen atoms in total. The first-order chi connectivity index (χ1) is 8.81. The number of nitrogens with two attached hydrogens (primary N) is 1. The lowest BCUT2D eigenvalue weighted by atomic mass is 10.2. The summed E-state index contributed by atoms with van der Waals surface area (Å²) >= 11 is 0. The van der Waals surface area contributed by atoms with Crippen LogP contribution in [0.4, 0.5) is 11.6 Å².